The number of nitrogens with one attached hydrogen (secondary N) is 2. The van der Waals surface area contributed by atoms with Gasteiger partial charge in [0.1, 0.15) is 11.5 Å². The number of anilines is 1. The van der Waals surface area contributed by atoms with Crippen molar-refractivity contribution in [2.45, 2.75) is 6.92 Å². The summed E-state index contributed by atoms with van der Waals surface area (Å²) in [6.07, 6.45) is 1.57. The Kier molecular flexibility index (Phi) is 6.65. The zero-order valence-corrected chi connectivity index (χ0v) is 16.1. The van der Waals surface area contributed by atoms with Crippen LogP contribution in [0.3, 0.4) is 0 Å². The van der Waals surface area contributed by atoms with Gasteiger partial charge in [0.25, 0.3) is 5.91 Å². The van der Waals surface area contributed by atoms with Crippen molar-refractivity contribution in [3.05, 3.63) is 88.9 Å². The molecule has 0 fully saturated rings. The third-order valence-electron chi connectivity index (χ3n) is 3.87. The average molecular weight is 394 g/mol. The fraction of sp³-hybridized carbons (Fsp3) is 0.0909. The summed E-state index contributed by atoms with van der Waals surface area (Å²) >= 11 is 5.93. The van der Waals surface area contributed by atoms with Crippen molar-refractivity contribution in [3.8, 4) is 11.5 Å². The van der Waals surface area contributed by atoms with Crippen LogP contribution in [-0.4, -0.2) is 18.7 Å². The monoisotopic (exact) mass is 393 g/mol. The molecule has 1 amide bonds. The molecule has 0 aliphatic rings. The number of carbonyl (C=O) groups excluding carboxylic acids is 1. The van der Waals surface area contributed by atoms with Gasteiger partial charge in [-0.1, -0.05) is 41.9 Å². The van der Waals surface area contributed by atoms with Crippen LogP contribution in [0.25, 0.3) is 0 Å². The smallest absolute Gasteiger partial charge is 0.259 e. The van der Waals surface area contributed by atoms with E-state index in [1.165, 1.54) is 0 Å². The van der Waals surface area contributed by atoms with Crippen LogP contribution in [0.15, 0.2) is 77.9 Å². The van der Waals surface area contributed by atoms with E-state index in [1.54, 1.807) is 12.3 Å². The van der Waals surface area contributed by atoms with E-state index in [0.717, 1.165) is 22.6 Å². The van der Waals surface area contributed by atoms with Gasteiger partial charge < -0.3 is 10.1 Å². The topological polar surface area (TPSA) is 62.7 Å². The van der Waals surface area contributed by atoms with E-state index in [2.05, 4.69) is 15.8 Å². The van der Waals surface area contributed by atoms with Crippen LogP contribution < -0.4 is 15.5 Å². The molecule has 0 aromatic heterocycles. The van der Waals surface area contributed by atoms with Gasteiger partial charge in [0.15, 0.2) is 0 Å². The molecule has 3 aromatic rings. The van der Waals surface area contributed by atoms with Gasteiger partial charge in [0.2, 0.25) is 0 Å². The number of hydrazone groups is 1. The van der Waals surface area contributed by atoms with Gasteiger partial charge in [0.05, 0.1) is 12.8 Å². The van der Waals surface area contributed by atoms with Gasteiger partial charge in [-0.15, -0.1) is 0 Å². The summed E-state index contributed by atoms with van der Waals surface area (Å²) in [6.45, 7) is 2.03. The Morgan fingerprint density at radius 3 is 2.61 bits per heavy atom. The van der Waals surface area contributed by atoms with E-state index in [-0.39, 0.29) is 12.5 Å². The molecular formula is C22H20ClN3O2. The maximum Gasteiger partial charge on any atom is 0.259 e. The van der Waals surface area contributed by atoms with Crippen molar-refractivity contribution in [3.63, 3.8) is 0 Å². The molecule has 0 saturated carbocycles. The first-order valence-electron chi connectivity index (χ1n) is 8.75. The first kappa shape index (κ1) is 19.5. The first-order chi connectivity index (χ1) is 13.6. The lowest BCUT2D eigenvalue weighted by molar-refractivity contribution is -0.119. The normalized spacial score (nSPS) is 10.6. The quantitative estimate of drug-likeness (QED) is 0.438. The Balaban J connectivity index is 1.51. The van der Waals surface area contributed by atoms with Gasteiger partial charge in [-0.3, -0.25) is 4.79 Å². The summed E-state index contributed by atoms with van der Waals surface area (Å²) < 4.78 is 5.79. The summed E-state index contributed by atoms with van der Waals surface area (Å²) in [5.74, 6) is 1.21. The zero-order chi connectivity index (χ0) is 19.8. The van der Waals surface area contributed by atoms with Crippen LogP contribution in [0.4, 0.5) is 5.69 Å². The van der Waals surface area contributed by atoms with Crippen molar-refractivity contribution in [2.75, 3.05) is 11.9 Å². The molecule has 3 rings (SSSR count). The lowest BCUT2D eigenvalue weighted by Crippen LogP contribution is -2.26. The van der Waals surface area contributed by atoms with Crippen LogP contribution in [0.1, 0.15) is 11.1 Å². The molecule has 0 spiro atoms. The van der Waals surface area contributed by atoms with E-state index in [0.29, 0.717) is 10.8 Å². The number of nitrogens with zero attached hydrogens (tertiary/aromatic N) is 1. The van der Waals surface area contributed by atoms with E-state index in [9.17, 15) is 4.79 Å². The third kappa shape index (κ3) is 5.86. The minimum atomic E-state index is -0.248. The van der Waals surface area contributed by atoms with Gasteiger partial charge in [-0.05, 0) is 60.5 Å². The number of halogens is 1. The Bertz CT molecular complexity index is 975. The Hall–Kier alpha value is -3.31. The second-order valence-corrected chi connectivity index (χ2v) is 6.53. The molecule has 0 heterocycles. The Morgan fingerprint density at radius 2 is 1.82 bits per heavy atom. The molecular weight excluding hydrogens is 374 g/mol. The summed E-state index contributed by atoms with van der Waals surface area (Å²) in [5, 5.41) is 7.72. The highest BCUT2D eigenvalue weighted by atomic mass is 35.5. The SMILES string of the molecule is Cc1cc(Cl)ccc1NCC(=O)N/N=C/c1cccc(Oc2ccccc2)c1. The maximum absolute atomic E-state index is 12.0. The van der Waals surface area contributed by atoms with Crippen molar-refractivity contribution in [2.24, 2.45) is 5.10 Å². The van der Waals surface area contributed by atoms with Gasteiger partial charge in [-0.2, -0.15) is 5.10 Å². The lowest BCUT2D eigenvalue weighted by atomic mass is 10.2. The van der Waals surface area contributed by atoms with Crippen LogP contribution in [0.5, 0.6) is 11.5 Å². The molecule has 0 bridgehead atoms. The van der Waals surface area contributed by atoms with E-state index < -0.39 is 0 Å². The maximum atomic E-state index is 12.0. The minimum Gasteiger partial charge on any atom is -0.457 e. The highest BCUT2D eigenvalue weighted by Crippen LogP contribution is 2.21. The van der Waals surface area contributed by atoms with Crippen molar-refractivity contribution >= 4 is 29.4 Å². The molecule has 2 N–H and O–H groups in total. The molecule has 6 heteroatoms. The molecule has 0 radical (unpaired) electrons. The third-order valence-corrected chi connectivity index (χ3v) is 4.10. The first-order valence-corrected chi connectivity index (χ1v) is 9.13. The average Bonchev–Trinajstić information content (AvgIpc) is 2.68. The van der Waals surface area contributed by atoms with E-state index in [1.807, 2.05) is 73.7 Å². The summed E-state index contributed by atoms with van der Waals surface area (Å²) in [4.78, 5) is 12.0. The number of hydrogen-bond acceptors (Lipinski definition) is 4. The van der Waals surface area contributed by atoms with Crippen molar-refractivity contribution in [1.82, 2.24) is 5.43 Å². The summed E-state index contributed by atoms with van der Waals surface area (Å²) in [6, 6.07) is 22.4. The van der Waals surface area contributed by atoms with Gasteiger partial charge in [-0.25, -0.2) is 5.43 Å². The van der Waals surface area contributed by atoms with Crippen LogP contribution in [0, 0.1) is 6.92 Å². The number of carbonyl (C=O) groups is 1. The fourth-order valence-electron chi connectivity index (χ4n) is 2.50. The highest BCUT2D eigenvalue weighted by molar-refractivity contribution is 6.30. The molecule has 0 unspecified atom stereocenters. The molecule has 0 saturated heterocycles. The standard InChI is InChI=1S/C22H20ClN3O2/c1-16-12-18(23)10-11-21(16)24-15-22(27)26-25-14-17-6-5-9-20(13-17)28-19-7-3-2-4-8-19/h2-14,24H,15H2,1H3,(H,26,27)/b25-14+. The van der Waals surface area contributed by atoms with Crippen molar-refractivity contribution in [1.29, 1.82) is 0 Å². The molecule has 0 aliphatic heterocycles. The second-order valence-electron chi connectivity index (χ2n) is 6.09. The fourth-order valence-corrected chi connectivity index (χ4v) is 2.73. The number of amides is 1. The number of hydrogen-bond donors (Lipinski definition) is 2. The Morgan fingerprint density at radius 1 is 1.04 bits per heavy atom. The number of benzene rings is 3. The number of rotatable bonds is 7. The zero-order valence-electron chi connectivity index (χ0n) is 15.4. The van der Waals surface area contributed by atoms with Crippen molar-refractivity contribution < 1.29 is 9.53 Å². The Labute approximate surface area is 169 Å². The molecule has 0 aliphatic carbocycles. The molecule has 0 atom stereocenters. The summed E-state index contributed by atoms with van der Waals surface area (Å²) in [5.41, 5.74) is 5.14. The second kappa shape index (κ2) is 9.58. The number of ether oxygens (including phenoxy) is 1. The highest BCUT2D eigenvalue weighted by Gasteiger charge is 2.03. The van der Waals surface area contributed by atoms with Crippen LogP contribution in [0.2, 0.25) is 5.02 Å². The van der Waals surface area contributed by atoms with Crippen LogP contribution in [-0.2, 0) is 4.79 Å². The minimum absolute atomic E-state index is 0.108. The van der Waals surface area contributed by atoms with E-state index >= 15 is 0 Å². The molecule has 28 heavy (non-hydrogen) atoms. The molecule has 3 aromatic carbocycles. The lowest BCUT2D eigenvalue weighted by Gasteiger charge is -2.08. The number of para-hydroxylation sites is 1. The number of aryl methyl sites for hydroxylation is 1. The predicted molar refractivity (Wildman–Crippen MR) is 113 cm³/mol. The van der Waals surface area contributed by atoms with E-state index in [4.69, 9.17) is 16.3 Å². The van der Waals surface area contributed by atoms with Gasteiger partial charge in [0, 0.05) is 10.7 Å². The van der Waals surface area contributed by atoms with Crippen LogP contribution >= 0.6 is 11.6 Å². The van der Waals surface area contributed by atoms with Gasteiger partial charge >= 0.3 is 0 Å². The summed E-state index contributed by atoms with van der Waals surface area (Å²) in [7, 11) is 0. The predicted octanol–water partition coefficient (Wildman–Crippen LogP) is 5.00. The molecule has 142 valence electrons. The largest absolute Gasteiger partial charge is 0.457 e. The molecule has 5 nitrogen and oxygen atoms in total.